The van der Waals surface area contributed by atoms with E-state index >= 15 is 0 Å². The molecule has 2 unspecified atom stereocenters. The van der Waals surface area contributed by atoms with Crippen molar-refractivity contribution in [3.05, 3.63) is 118 Å². The van der Waals surface area contributed by atoms with Crippen molar-refractivity contribution in [1.82, 2.24) is 0 Å². The van der Waals surface area contributed by atoms with Crippen LogP contribution in [0.2, 0.25) is 0 Å². The van der Waals surface area contributed by atoms with Crippen molar-refractivity contribution >= 4 is 53.1 Å². The Labute approximate surface area is 213 Å². The van der Waals surface area contributed by atoms with Crippen LogP contribution in [0.4, 0.5) is 0 Å². The van der Waals surface area contributed by atoms with Gasteiger partial charge in [0, 0.05) is 30.3 Å². The summed E-state index contributed by atoms with van der Waals surface area (Å²) in [6, 6.07) is 30.1. The van der Waals surface area contributed by atoms with E-state index in [4.69, 9.17) is 0 Å². The largest absolute Gasteiger partial charge is 0.289 e. The third-order valence-corrected chi connectivity index (χ3v) is 10.7. The lowest BCUT2D eigenvalue weighted by Gasteiger charge is -2.20. The molecule has 1 aromatic heterocycles. The molecule has 35 heavy (non-hydrogen) atoms. The Morgan fingerprint density at radius 3 is 2.11 bits per heavy atom. The summed E-state index contributed by atoms with van der Waals surface area (Å²) in [5.74, 6) is 0. The Balaban J connectivity index is 1.74. The predicted molar refractivity (Wildman–Crippen MR) is 148 cm³/mol. The molecule has 0 saturated heterocycles. The lowest BCUT2D eigenvalue weighted by molar-refractivity contribution is 0.586. The van der Waals surface area contributed by atoms with Crippen molar-refractivity contribution in [2.75, 3.05) is 0 Å². The van der Waals surface area contributed by atoms with Crippen LogP contribution in [0.25, 0.3) is 20.2 Å². The molecule has 0 amide bonds. The summed E-state index contributed by atoms with van der Waals surface area (Å²) in [5.41, 5.74) is 1.56. The molecule has 2 atom stereocenters. The van der Waals surface area contributed by atoms with E-state index in [0.717, 1.165) is 19.9 Å². The van der Waals surface area contributed by atoms with Gasteiger partial charge in [-0.1, -0.05) is 54.6 Å². The first kappa shape index (κ1) is 23.8. The summed E-state index contributed by atoms with van der Waals surface area (Å²) in [5, 5.41) is 0.466. The summed E-state index contributed by atoms with van der Waals surface area (Å²) in [6.45, 7) is 3.82. The van der Waals surface area contributed by atoms with Crippen molar-refractivity contribution in [1.29, 1.82) is 0 Å². The maximum absolute atomic E-state index is 13.6. The number of hydrogen-bond donors (Lipinski definition) is 0. The van der Waals surface area contributed by atoms with E-state index in [0.29, 0.717) is 16.3 Å². The first-order chi connectivity index (χ1) is 16.9. The molecule has 0 aliphatic rings. The normalized spacial score (nSPS) is 13.7. The van der Waals surface area contributed by atoms with Gasteiger partial charge >= 0.3 is 0 Å². The average Bonchev–Trinajstić information content (AvgIpc) is 2.89. The number of benzene rings is 4. The SMILES string of the molecule is CC(Sc1ccccc1)c1cc(C(C)S(=O)(=O)c2ccccc2)c2sc3ccccc3c(=O)c2c1. The minimum absolute atomic E-state index is 0.0306. The van der Waals surface area contributed by atoms with Gasteiger partial charge in [-0.3, -0.25) is 4.79 Å². The topological polar surface area (TPSA) is 51.2 Å². The smallest absolute Gasteiger partial charge is 0.195 e. The van der Waals surface area contributed by atoms with Crippen LogP contribution in [0.1, 0.15) is 35.5 Å². The van der Waals surface area contributed by atoms with Gasteiger partial charge in [0.15, 0.2) is 15.3 Å². The maximum Gasteiger partial charge on any atom is 0.195 e. The fourth-order valence-corrected chi connectivity index (χ4v) is 8.03. The van der Waals surface area contributed by atoms with Crippen LogP contribution >= 0.6 is 23.1 Å². The van der Waals surface area contributed by atoms with Crippen LogP contribution in [-0.4, -0.2) is 8.42 Å². The van der Waals surface area contributed by atoms with Crippen molar-refractivity contribution in [2.45, 2.75) is 34.1 Å². The molecule has 4 aromatic carbocycles. The Morgan fingerprint density at radius 1 is 0.771 bits per heavy atom. The van der Waals surface area contributed by atoms with Gasteiger partial charge in [-0.25, -0.2) is 8.42 Å². The minimum Gasteiger partial charge on any atom is -0.289 e. The van der Waals surface area contributed by atoms with E-state index in [1.807, 2.05) is 54.6 Å². The Bertz CT molecular complexity index is 1680. The van der Waals surface area contributed by atoms with Gasteiger partial charge in [0.1, 0.15) is 0 Å². The second-order valence-electron chi connectivity index (χ2n) is 8.49. The molecule has 0 aliphatic carbocycles. The quantitative estimate of drug-likeness (QED) is 0.171. The molecule has 176 valence electrons. The Morgan fingerprint density at radius 2 is 1.40 bits per heavy atom. The summed E-state index contributed by atoms with van der Waals surface area (Å²) < 4.78 is 28.8. The van der Waals surface area contributed by atoms with E-state index in [1.165, 1.54) is 11.3 Å². The fourth-order valence-electron chi connectivity index (χ4n) is 4.24. The molecule has 0 bridgehead atoms. The standard InChI is InChI=1S/C29H24O3S3/c1-19(33-22-11-5-3-6-12-22)21-17-25(20(2)35(31,32)23-13-7-4-8-14-23)29-26(18-21)28(30)24-15-9-10-16-27(24)34-29/h3-20H,1-2H3. The first-order valence-corrected chi connectivity index (χ1v) is 14.6. The van der Waals surface area contributed by atoms with Crippen LogP contribution in [0, 0.1) is 0 Å². The summed E-state index contributed by atoms with van der Waals surface area (Å²) in [6.07, 6.45) is 0. The van der Waals surface area contributed by atoms with Gasteiger partial charge < -0.3 is 0 Å². The number of thioether (sulfide) groups is 1. The highest BCUT2D eigenvalue weighted by molar-refractivity contribution is 7.99. The first-order valence-electron chi connectivity index (χ1n) is 11.4. The van der Waals surface area contributed by atoms with Gasteiger partial charge in [0.2, 0.25) is 0 Å². The molecule has 0 spiro atoms. The monoisotopic (exact) mass is 516 g/mol. The molecule has 0 aliphatic heterocycles. The molecule has 0 fully saturated rings. The van der Waals surface area contributed by atoms with Crippen molar-refractivity contribution in [3.63, 3.8) is 0 Å². The molecule has 0 radical (unpaired) electrons. The van der Waals surface area contributed by atoms with Crippen LogP contribution < -0.4 is 5.43 Å². The lowest BCUT2D eigenvalue weighted by atomic mass is 10.0. The molecule has 6 heteroatoms. The van der Waals surface area contributed by atoms with Crippen molar-refractivity contribution < 1.29 is 8.42 Å². The van der Waals surface area contributed by atoms with Crippen LogP contribution in [0.15, 0.2) is 112 Å². The van der Waals surface area contributed by atoms with Gasteiger partial charge in [-0.2, -0.15) is 0 Å². The summed E-state index contributed by atoms with van der Waals surface area (Å²) in [4.78, 5) is 15.0. The molecule has 5 aromatic rings. The highest BCUT2D eigenvalue weighted by Gasteiger charge is 2.28. The van der Waals surface area contributed by atoms with Gasteiger partial charge in [0.05, 0.1) is 10.1 Å². The highest BCUT2D eigenvalue weighted by Crippen LogP contribution is 2.41. The highest BCUT2D eigenvalue weighted by atomic mass is 32.2. The molecule has 5 rings (SSSR count). The zero-order valence-corrected chi connectivity index (χ0v) is 21.8. The second kappa shape index (κ2) is 9.61. The molecule has 1 heterocycles. The van der Waals surface area contributed by atoms with Crippen LogP contribution in [0.5, 0.6) is 0 Å². The van der Waals surface area contributed by atoms with Crippen LogP contribution in [-0.2, 0) is 9.84 Å². The summed E-state index contributed by atoms with van der Waals surface area (Å²) in [7, 11) is -3.65. The molecule has 0 N–H and O–H groups in total. The van der Waals surface area contributed by atoms with Gasteiger partial charge in [-0.05, 0) is 67.4 Å². The average molecular weight is 517 g/mol. The molecule has 0 saturated carbocycles. The van der Waals surface area contributed by atoms with Gasteiger partial charge in [0.25, 0.3) is 0 Å². The van der Waals surface area contributed by atoms with E-state index in [1.54, 1.807) is 49.0 Å². The molecular formula is C29H24O3S3. The van der Waals surface area contributed by atoms with Crippen LogP contribution in [0.3, 0.4) is 0 Å². The minimum atomic E-state index is -3.65. The van der Waals surface area contributed by atoms with E-state index in [2.05, 4.69) is 19.1 Å². The lowest BCUT2D eigenvalue weighted by Crippen LogP contribution is -2.13. The van der Waals surface area contributed by atoms with Gasteiger partial charge in [-0.15, -0.1) is 23.1 Å². The fraction of sp³-hybridized carbons (Fsp3) is 0.138. The third-order valence-electron chi connectivity index (χ3n) is 6.23. The zero-order valence-electron chi connectivity index (χ0n) is 19.3. The van der Waals surface area contributed by atoms with E-state index in [9.17, 15) is 13.2 Å². The van der Waals surface area contributed by atoms with Crippen molar-refractivity contribution in [2.24, 2.45) is 0 Å². The Hall–Kier alpha value is -2.93. The summed E-state index contributed by atoms with van der Waals surface area (Å²) >= 11 is 3.18. The van der Waals surface area contributed by atoms with E-state index in [-0.39, 0.29) is 15.6 Å². The number of sulfone groups is 1. The molecular weight excluding hydrogens is 493 g/mol. The number of rotatable bonds is 6. The maximum atomic E-state index is 13.6. The molecule has 3 nitrogen and oxygen atoms in total. The predicted octanol–water partition coefficient (Wildman–Crippen LogP) is 7.80. The van der Waals surface area contributed by atoms with Crippen molar-refractivity contribution in [3.8, 4) is 0 Å². The second-order valence-corrected chi connectivity index (χ2v) is 13.2. The van der Waals surface area contributed by atoms with E-state index < -0.39 is 15.1 Å². The number of fused-ring (bicyclic) bond motifs is 2. The zero-order chi connectivity index (χ0) is 24.6. The number of hydrogen-bond acceptors (Lipinski definition) is 5. The third kappa shape index (κ3) is 4.54. The Kier molecular flexibility index (Phi) is 6.53.